The van der Waals surface area contributed by atoms with Crippen molar-refractivity contribution in [3.05, 3.63) is 35.9 Å². The molecule has 0 radical (unpaired) electrons. The number of alkyl halides is 2. The highest BCUT2D eigenvalue weighted by atomic mass is 32.2. The molecule has 2 rings (SSSR count). The minimum absolute atomic E-state index is 0.218. The maximum Gasteiger partial charge on any atom is 0.265 e. The van der Waals surface area contributed by atoms with Crippen LogP contribution < -0.4 is 0 Å². The summed E-state index contributed by atoms with van der Waals surface area (Å²) in [6.45, 7) is 0.142. The number of rotatable bonds is 5. The van der Waals surface area contributed by atoms with E-state index in [0.717, 1.165) is 11.8 Å². The fraction of sp³-hybridized carbons (Fsp3) is 0.571. The summed E-state index contributed by atoms with van der Waals surface area (Å²) in [5, 5.41) is 0. The van der Waals surface area contributed by atoms with Crippen LogP contribution >= 0.6 is 0 Å². The first kappa shape index (κ1) is 16.3. The van der Waals surface area contributed by atoms with Crippen LogP contribution in [0.1, 0.15) is 12.0 Å². The number of nitrogens with zero attached hydrogens (tertiary/aromatic N) is 1. The Morgan fingerprint density at radius 3 is 2.57 bits per heavy atom. The number of hydrogen-bond donors (Lipinski definition) is 0. The minimum Gasteiger partial charge on any atom is -0.293 e. The lowest BCUT2D eigenvalue weighted by atomic mass is 9.93. The summed E-state index contributed by atoms with van der Waals surface area (Å²) in [6.07, 6.45) is 1.09. The second-order valence-electron chi connectivity index (χ2n) is 5.43. The monoisotopic (exact) mass is 319 g/mol. The molecule has 0 bridgehead atoms. The Morgan fingerprint density at radius 2 is 2.00 bits per heavy atom. The predicted octanol–water partition coefficient (Wildman–Crippen LogP) is 2.12. The first-order chi connectivity index (χ1) is 9.76. The molecule has 0 spiro atoms. The third-order valence-corrected chi connectivity index (χ3v) is 4.12. The zero-order valence-corrected chi connectivity index (χ0v) is 12.7. The predicted molar refractivity (Wildman–Crippen MR) is 75.6 cm³/mol. The van der Waals surface area contributed by atoms with Gasteiger partial charge in [-0.25, -0.2) is 8.78 Å². The van der Waals surface area contributed by atoms with Crippen molar-refractivity contribution in [2.24, 2.45) is 5.92 Å². The quantitative estimate of drug-likeness (QED) is 0.780. The summed E-state index contributed by atoms with van der Waals surface area (Å²) in [4.78, 5) is 1.69. The van der Waals surface area contributed by atoms with Crippen molar-refractivity contribution in [2.45, 2.75) is 18.9 Å². The normalized spacial score (nSPS) is 23.1. The molecule has 0 saturated carbocycles. The van der Waals surface area contributed by atoms with Crippen LogP contribution in [0.5, 0.6) is 0 Å². The number of hydrogen-bond acceptors (Lipinski definition) is 4. The summed E-state index contributed by atoms with van der Waals surface area (Å²) in [7, 11) is -3.68. The topological polar surface area (TPSA) is 46.6 Å². The molecule has 1 aromatic rings. The summed E-state index contributed by atoms with van der Waals surface area (Å²) in [5.74, 6) is -4.00. The zero-order valence-electron chi connectivity index (χ0n) is 11.8. The summed E-state index contributed by atoms with van der Waals surface area (Å²) < 4.78 is 54.5. The molecule has 1 saturated heterocycles. The van der Waals surface area contributed by atoms with Gasteiger partial charge in [0, 0.05) is 6.54 Å². The number of benzene rings is 1. The molecular formula is C14H19F2NO3S. The Balaban J connectivity index is 1.93. The maximum atomic E-state index is 14.1. The average molecular weight is 319 g/mol. The highest BCUT2D eigenvalue weighted by molar-refractivity contribution is 7.85. The average Bonchev–Trinajstić information content (AvgIpc) is 2.37. The van der Waals surface area contributed by atoms with Crippen LogP contribution in [0.15, 0.2) is 30.3 Å². The summed E-state index contributed by atoms with van der Waals surface area (Å²) >= 11 is 0. The third kappa shape index (κ3) is 5.01. The van der Waals surface area contributed by atoms with Crippen molar-refractivity contribution in [2.75, 3.05) is 26.0 Å². The van der Waals surface area contributed by atoms with Gasteiger partial charge < -0.3 is 0 Å². The van der Waals surface area contributed by atoms with Crippen molar-refractivity contribution >= 4 is 10.1 Å². The molecule has 1 fully saturated rings. The second kappa shape index (κ2) is 6.37. The molecule has 1 unspecified atom stereocenters. The second-order valence-corrected chi connectivity index (χ2v) is 7.08. The Labute approximate surface area is 123 Å². The minimum atomic E-state index is -3.68. The van der Waals surface area contributed by atoms with Crippen molar-refractivity contribution in [3.8, 4) is 0 Å². The van der Waals surface area contributed by atoms with Crippen LogP contribution in [-0.4, -0.2) is 45.2 Å². The molecule has 0 N–H and O–H groups in total. The molecule has 1 heterocycles. The maximum absolute atomic E-state index is 14.1. The van der Waals surface area contributed by atoms with E-state index in [0.29, 0.717) is 13.1 Å². The van der Waals surface area contributed by atoms with Crippen molar-refractivity contribution < 1.29 is 21.4 Å². The van der Waals surface area contributed by atoms with Gasteiger partial charge in [0.2, 0.25) is 0 Å². The molecule has 118 valence electrons. The molecule has 21 heavy (non-hydrogen) atoms. The van der Waals surface area contributed by atoms with Crippen LogP contribution in [-0.2, 0) is 20.8 Å². The number of piperidine rings is 1. The van der Waals surface area contributed by atoms with E-state index in [2.05, 4.69) is 4.18 Å². The SMILES string of the molecule is CS(=O)(=O)OCC1CCN(Cc2ccccc2)CC1(F)F. The van der Waals surface area contributed by atoms with Gasteiger partial charge in [0.25, 0.3) is 16.0 Å². The third-order valence-electron chi connectivity index (χ3n) is 3.56. The van der Waals surface area contributed by atoms with Gasteiger partial charge in [0.15, 0.2) is 0 Å². The largest absolute Gasteiger partial charge is 0.293 e. The molecule has 1 atom stereocenters. The molecule has 0 aromatic heterocycles. The highest BCUT2D eigenvalue weighted by Gasteiger charge is 2.44. The van der Waals surface area contributed by atoms with E-state index >= 15 is 0 Å². The Kier molecular flexibility index (Phi) is 4.95. The summed E-state index contributed by atoms with van der Waals surface area (Å²) in [5.41, 5.74) is 0.985. The van der Waals surface area contributed by atoms with Gasteiger partial charge in [-0.05, 0) is 18.5 Å². The van der Waals surface area contributed by atoms with E-state index < -0.39 is 28.6 Å². The molecule has 1 aliphatic rings. The van der Waals surface area contributed by atoms with E-state index in [4.69, 9.17) is 0 Å². The van der Waals surface area contributed by atoms with Crippen LogP contribution in [0.25, 0.3) is 0 Å². The Hall–Kier alpha value is -1.05. The van der Waals surface area contributed by atoms with Gasteiger partial charge in [0.1, 0.15) is 0 Å². The van der Waals surface area contributed by atoms with E-state index in [1.165, 1.54) is 0 Å². The number of likely N-dealkylation sites (tertiary alicyclic amines) is 1. The first-order valence-corrected chi connectivity index (χ1v) is 8.56. The molecular weight excluding hydrogens is 300 g/mol. The fourth-order valence-corrected chi connectivity index (χ4v) is 2.85. The standard InChI is InChI=1S/C14H19F2NO3S/c1-21(18,19)20-10-13-7-8-17(11-14(13,15)16)9-12-5-3-2-4-6-12/h2-6,13H,7-11H2,1H3. The molecule has 7 heteroatoms. The van der Waals surface area contributed by atoms with Gasteiger partial charge >= 0.3 is 0 Å². The van der Waals surface area contributed by atoms with Crippen molar-refractivity contribution in [1.29, 1.82) is 0 Å². The summed E-state index contributed by atoms with van der Waals surface area (Å²) in [6, 6.07) is 9.43. The zero-order chi connectivity index (χ0) is 15.5. The number of halogens is 2. The van der Waals surface area contributed by atoms with E-state index in [-0.39, 0.29) is 13.0 Å². The molecule has 4 nitrogen and oxygen atoms in total. The highest BCUT2D eigenvalue weighted by Crippen LogP contribution is 2.33. The van der Waals surface area contributed by atoms with E-state index in [1.54, 1.807) is 4.90 Å². The van der Waals surface area contributed by atoms with Gasteiger partial charge in [-0.3, -0.25) is 9.08 Å². The van der Waals surface area contributed by atoms with Crippen LogP contribution in [0.2, 0.25) is 0 Å². The van der Waals surface area contributed by atoms with E-state index in [1.807, 2.05) is 30.3 Å². The molecule has 0 amide bonds. The van der Waals surface area contributed by atoms with Gasteiger partial charge in [0.05, 0.1) is 25.3 Å². The Morgan fingerprint density at radius 1 is 1.33 bits per heavy atom. The van der Waals surface area contributed by atoms with Gasteiger partial charge in [-0.2, -0.15) is 8.42 Å². The van der Waals surface area contributed by atoms with E-state index in [9.17, 15) is 17.2 Å². The smallest absolute Gasteiger partial charge is 0.265 e. The Bertz CT molecular complexity index is 563. The lowest BCUT2D eigenvalue weighted by Gasteiger charge is -2.38. The van der Waals surface area contributed by atoms with Gasteiger partial charge in [-0.15, -0.1) is 0 Å². The molecule has 1 aliphatic heterocycles. The fourth-order valence-electron chi connectivity index (χ4n) is 2.44. The van der Waals surface area contributed by atoms with Crippen molar-refractivity contribution in [3.63, 3.8) is 0 Å². The van der Waals surface area contributed by atoms with Crippen LogP contribution in [0.3, 0.4) is 0 Å². The van der Waals surface area contributed by atoms with Gasteiger partial charge in [-0.1, -0.05) is 30.3 Å². The van der Waals surface area contributed by atoms with Crippen LogP contribution in [0, 0.1) is 5.92 Å². The molecule has 1 aromatic carbocycles. The lowest BCUT2D eigenvalue weighted by molar-refractivity contribution is -0.122. The first-order valence-electron chi connectivity index (χ1n) is 6.75. The van der Waals surface area contributed by atoms with Crippen molar-refractivity contribution in [1.82, 2.24) is 4.90 Å². The van der Waals surface area contributed by atoms with Crippen LogP contribution in [0.4, 0.5) is 8.78 Å². The molecule has 0 aliphatic carbocycles. The lowest BCUT2D eigenvalue weighted by Crippen LogP contribution is -2.49.